The number of carboxylic acids is 1. The van der Waals surface area contributed by atoms with Gasteiger partial charge in [0.15, 0.2) is 6.04 Å². The number of ether oxygens (including phenoxy) is 1. The number of nitrogens with zero attached hydrogens (tertiary/aromatic N) is 1. The quantitative estimate of drug-likeness (QED) is 0.553. The van der Waals surface area contributed by atoms with Crippen LogP contribution in [0.25, 0.3) is 0 Å². The first-order chi connectivity index (χ1) is 7.40. The first-order valence-electron chi connectivity index (χ1n) is 4.81. The Morgan fingerprint density at radius 2 is 2.06 bits per heavy atom. The van der Waals surface area contributed by atoms with Gasteiger partial charge < -0.3 is 25.2 Å². The van der Waals surface area contributed by atoms with E-state index in [0.717, 1.165) is 0 Å². The molecule has 16 heavy (non-hydrogen) atoms. The van der Waals surface area contributed by atoms with Gasteiger partial charge in [-0.15, -0.1) is 0 Å². The normalized spacial score (nSPS) is 14.0. The summed E-state index contributed by atoms with van der Waals surface area (Å²) in [5.74, 6) is -1.27. The summed E-state index contributed by atoms with van der Waals surface area (Å²) in [6.45, 7) is 2.00. The maximum absolute atomic E-state index is 11.5. The summed E-state index contributed by atoms with van der Waals surface area (Å²) in [5, 5.41) is 20.1. The van der Waals surface area contributed by atoms with Gasteiger partial charge in [-0.1, -0.05) is 0 Å². The number of aliphatic hydroxyl groups is 1. The van der Waals surface area contributed by atoms with Crippen molar-refractivity contribution in [3.8, 4) is 0 Å². The maximum atomic E-state index is 11.5. The van der Waals surface area contributed by atoms with Gasteiger partial charge in [-0.05, 0) is 6.92 Å². The lowest BCUT2D eigenvalue weighted by Gasteiger charge is -2.22. The Morgan fingerprint density at radius 1 is 1.50 bits per heavy atom. The molecule has 2 amide bonds. The van der Waals surface area contributed by atoms with E-state index in [-0.39, 0.29) is 0 Å². The Morgan fingerprint density at radius 3 is 2.44 bits per heavy atom. The highest BCUT2D eigenvalue weighted by atomic mass is 16.5. The van der Waals surface area contributed by atoms with Crippen LogP contribution in [0.4, 0.5) is 4.79 Å². The number of amides is 2. The fourth-order valence-corrected chi connectivity index (χ4v) is 0.962. The predicted octanol–water partition coefficient (Wildman–Crippen LogP) is -0.892. The molecule has 0 aliphatic carbocycles. The molecule has 0 saturated heterocycles. The minimum atomic E-state index is -1.31. The van der Waals surface area contributed by atoms with E-state index in [4.69, 9.17) is 14.9 Å². The van der Waals surface area contributed by atoms with Gasteiger partial charge >= 0.3 is 12.0 Å². The molecule has 0 aromatic heterocycles. The number of aliphatic hydroxyl groups excluding tert-OH is 1. The smallest absolute Gasteiger partial charge is 0.328 e. The van der Waals surface area contributed by atoms with Gasteiger partial charge in [-0.2, -0.15) is 0 Å². The van der Waals surface area contributed by atoms with Crippen LogP contribution in [-0.2, 0) is 9.53 Å². The van der Waals surface area contributed by atoms with Crippen molar-refractivity contribution in [3.63, 3.8) is 0 Å². The second kappa shape index (κ2) is 7.02. The van der Waals surface area contributed by atoms with E-state index < -0.39 is 24.1 Å². The van der Waals surface area contributed by atoms with Crippen LogP contribution in [-0.4, -0.2) is 66.6 Å². The molecule has 94 valence electrons. The van der Waals surface area contributed by atoms with Gasteiger partial charge in [0.2, 0.25) is 0 Å². The number of rotatable bonds is 6. The fourth-order valence-electron chi connectivity index (χ4n) is 0.962. The molecule has 3 N–H and O–H groups in total. The molecule has 0 fully saturated rings. The van der Waals surface area contributed by atoms with Crippen molar-refractivity contribution in [3.05, 3.63) is 0 Å². The summed E-state index contributed by atoms with van der Waals surface area (Å²) < 4.78 is 4.78. The molecule has 0 heterocycles. The Bertz CT molecular complexity index is 244. The van der Waals surface area contributed by atoms with Crippen LogP contribution in [0.3, 0.4) is 0 Å². The number of carboxylic acid groups (broad SMARTS) is 1. The van der Waals surface area contributed by atoms with E-state index in [1.165, 1.54) is 26.0 Å². The lowest BCUT2D eigenvalue weighted by molar-refractivity contribution is -0.141. The van der Waals surface area contributed by atoms with Crippen molar-refractivity contribution in [1.29, 1.82) is 0 Å². The molecular weight excluding hydrogens is 216 g/mol. The number of likely N-dealkylation sites (N-methyl/N-ethyl adjacent to an activating group) is 1. The SMILES string of the molecule is COCCN(C)C(=O)N[C@H](C(=O)O)[C@@H](C)O. The first-order valence-corrected chi connectivity index (χ1v) is 4.81. The Labute approximate surface area is 94.0 Å². The third kappa shape index (κ3) is 4.94. The number of hydrogen-bond donors (Lipinski definition) is 3. The predicted molar refractivity (Wildman–Crippen MR) is 56.1 cm³/mol. The lowest BCUT2D eigenvalue weighted by atomic mass is 10.2. The van der Waals surface area contributed by atoms with E-state index in [9.17, 15) is 9.59 Å². The molecule has 7 nitrogen and oxygen atoms in total. The van der Waals surface area contributed by atoms with Crippen molar-refractivity contribution in [2.45, 2.75) is 19.1 Å². The monoisotopic (exact) mass is 234 g/mol. The molecule has 2 atom stereocenters. The van der Waals surface area contributed by atoms with Gasteiger partial charge in [0, 0.05) is 20.7 Å². The van der Waals surface area contributed by atoms with Crippen molar-refractivity contribution in [2.75, 3.05) is 27.3 Å². The molecular formula is C9H18N2O5. The van der Waals surface area contributed by atoms with Crippen LogP contribution in [0.1, 0.15) is 6.92 Å². The third-order valence-corrected chi connectivity index (χ3v) is 2.00. The Balaban J connectivity index is 4.24. The highest BCUT2D eigenvalue weighted by molar-refractivity contribution is 5.82. The van der Waals surface area contributed by atoms with Crippen LogP contribution < -0.4 is 5.32 Å². The van der Waals surface area contributed by atoms with Gasteiger partial charge in [-0.25, -0.2) is 9.59 Å². The van der Waals surface area contributed by atoms with E-state index in [1.807, 2.05) is 0 Å². The molecule has 0 saturated carbocycles. The van der Waals surface area contributed by atoms with Crippen LogP contribution in [0.5, 0.6) is 0 Å². The highest BCUT2D eigenvalue weighted by Crippen LogP contribution is 1.95. The number of urea groups is 1. The molecule has 0 aromatic rings. The number of methoxy groups -OCH3 is 1. The zero-order valence-corrected chi connectivity index (χ0v) is 9.64. The highest BCUT2D eigenvalue weighted by Gasteiger charge is 2.25. The molecule has 0 aromatic carbocycles. The maximum Gasteiger partial charge on any atom is 0.328 e. The summed E-state index contributed by atoms with van der Waals surface area (Å²) >= 11 is 0. The lowest BCUT2D eigenvalue weighted by Crippen LogP contribution is -2.51. The molecule has 7 heteroatoms. The summed E-state index contributed by atoms with van der Waals surface area (Å²) in [6, 6.07) is -1.87. The van der Waals surface area contributed by atoms with E-state index in [1.54, 1.807) is 0 Å². The first kappa shape index (κ1) is 14.7. The largest absolute Gasteiger partial charge is 0.480 e. The van der Waals surface area contributed by atoms with Gasteiger partial charge in [0.1, 0.15) is 0 Å². The van der Waals surface area contributed by atoms with Crippen LogP contribution in [0.15, 0.2) is 0 Å². The van der Waals surface area contributed by atoms with Crippen molar-refractivity contribution < 1.29 is 24.5 Å². The molecule has 0 bridgehead atoms. The van der Waals surface area contributed by atoms with E-state index in [0.29, 0.717) is 13.2 Å². The van der Waals surface area contributed by atoms with E-state index >= 15 is 0 Å². The topological polar surface area (TPSA) is 99.1 Å². The van der Waals surface area contributed by atoms with Gasteiger partial charge in [0.25, 0.3) is 0 Å². The molecule has 0 radical (unpaired) electrons. The zero-order chi connectivity index (χ0) is 12.7. The average Bonchev–Trinajstić information content (AvgIpc) is 2.20. The summed E-state index contributed by atoms with van der Waals surface area (Å²) in [7, 11) is 3.01. The van der Waals surface area contributed by atoms with Crippen LogP contribution in [0.2, 0.25) is 0 Å². The van der Waals surface area contributed by atoms with E-state index in [2.05, 4.69) is 5.32 Å². The molecule has 0 rings (SSSR count). The third-order valence-electron chi connectivity index (χ3n) is 2.00. The molecule has 0 unspecified atom stereocenters. The second-order valence-corrected chi connectivity index (χ2v) is 3.42. The van der Waals surface area contributed by atoms with Crippen molar-refractivity contribution >= 4 is 12.0 Å². The second-order valence-electron chi connectivity index (χ2n) is 3.42. The van der Waals surface area contributed by atoms with Crippen molar-refractivity contribution in [2.24, 2.45) is 0 Å². The molecule has 0 aliphatic heterocycles. The van der Waals surface area contributed by atoms with Crippen LogP contribution >= 0.6 is 0 Å². The number of aliphatic carboxylic acids is 1. The minimum Gasteiger partial charge on any atom is -0.480 e. The number of carbonyl (C=O) groups excluding carboxylic acids is 1. The number of carbonyl (C=O) groups is 2. The minimum absolute atomic E-state index is 0.342. The standard InChI is InChI=1S/C9H18N2O5/c1-6(12)7(8(13)14)10-9(15)11(2)4-5-16-3/h6-7,12H,4-5H2,1-3H3,(H,10,15)(H,13,14)/t6-,7+/m1/s1. The number of nitrogens with one attached hydrogen (secondary N) is 1. The Hall–Kier alpha value is -1.34. The molecule has 0 spiro atoms. The summed E-state index contributed by atoms with van der Waals surface area (Å²) in [5.41, 5.74) is 0. The van der Waals surface area contributed by atoms with Gasteiger partial charge in [0.05, 0.1) is 12.7 Å². The number of hydrogen-bond acceptors (Lipinski definition) is 4. The fraction of sp³-hybridized carbons (Fsp3) is 0.778. The summed E-state index contributed by atoms with van der Waals surface area (Å²) in [6.07, 6.45) is -1.16. The summed E-state index contributed by atoms with van der Waals surface area (Å²) in [4.78, 5) is 23.4. The van der Waals surface area contributed by atoms with Crippen LogP contribution in [0, 0.1) is 0 Å². The Kier molecular flexibility index (Phi) is 6.43. The molecule has 0 aliphatic rings. The average molecular weight is 234 g/mol. The van der Waals surface area contributed by atoms with Gasteiger partial charge in [-0.3, -0.25) is 0 Å². The van der Waals surface area contributed by atoms with Crippen molar-refractivity contribution in [1.82, 2.24) is 10.2 Å². The zero-order valence-electron chi connectivity index (χ0n) is 9.64.